The Morgan fingerprint density at radius 2 is 1.52 bits per heavy atom. The molecule has 0 N–H and O–H groups in total. The van der Waals surface area contributed by atoms with Crippen LogP contribution in [-0.2, 0) is 28.4 Å². The third-order valence-corrected chi connectivity index (χ3v) is 4.70. The number of ether oxygens (including phenoxy) is 6. The maximum Gasteiger partial charge on any atom is 0.163 e. The van der Waals surface area contributed by atoms with E-state index >= 15 is 0 Å². The molecule has 0 aromatic carbocycles. The van der Waals surface area contributed by atoms with Gasteiger partial charge in [-0.05, 0) is 47.0 Å². The second kappa shape index (κ2) is 9.97. The van der Waals surface area contributed by atoms with Crippen molar-refractivity contribution in [1.29, 1.82) is 0 Å². The molecule has 0 aromatic rings. The lowest BCUT2D eigenvalue weighted by molar-refractivity contribution is -0.142. The Kier molecular flexibility index (Phi) is 8.59. The smallest absolute Gasteiger partial charge is 0.163 e. The van der Waals surface area contributed by atoms with Crippen molar-refractivity contribution in [3.63, 3.8) is 0 Å². The van der Waals surface area contributed by atoms with Crippen LogP contribution in [0.15, 0.2) is 0 Å². The zero-order chi connectivity index (χ0) is 18.3. The van der Waals surface area contributed by atoms with E-state index in [-0.39, 0.29) is 18.3 Å². The Hall–Kier alpha value is 0.240. The summed E-state index contributed by atoms with van der Waals surface area (Å²) in [6.45, 7) is 10.9. The van der Waals surface area contributed by atoms with Crippen molar-refractivity contribution < 1.29 is 28.4 Å². The van der Waals surface area contributed by atoms with Gasteiger partial charge in [-0.15, -0.1) is 0 Å². The summed E-state index contributed by atoms with van der Waals surface area (Å²) in [5.41, 5.74) is 0. The molecule has 0 spiro atoms. The molecule has 2 heterocycles. The summed E-state index contributed by atoms with van der Waals surface area (Å²) in [4.78, 5) is 0. The van der Waals surface area contributed by atoms with Crippen molar-refractivity contribution in [1.82, 2.24) is 0 Å². The van der Waals surface area contributed by atoms with Crippen molar-refractivity contribution >= 4 is 15.9 Å². The number of rotatable bonds is 11. The van der Waals surface area contributed by atoms with Gasteiger partial charge in [-0.25, -0.2) is 0 Å². The standard InChI is InChI=1S/C18H33BrO6/c1-17(2)22-12-15(24-17)6-9-20-11-14(5-8-19)21-10-7-16-13-23-18(3,4)25-16/h14-16H,5-13H2,1-4H3/t14-,15?,16?/m1/s1. The molecule has 25 heavy (non-hydrogen) atoms. The fourth-order valence-corrected chi connectivity index (χ4v) is 3.45. The molecule has 7 heteroatoms. The molecule has 148 valence electrons. The molecule has 3 atom stereocenters. The maximum atomic E-state index is 5.97. The first-order valence-corrected chi connectivity index (χ1v) is 10.3. The molecule has 2 aliphatic heterocycles. The number of halogens is 1. The highest BCUT2D eigenvalue weighted by Gasteiger charge is 2.33. The van der Waals surface area contributed by atoms with E-state index in [1.165, 1.54) is 0 Å². The molecule has 0 saturated carbocycles. The van der Waals surface area contributed by atoms with Crippen LogP contribution in [0, 0.1) is 0 Å². The minimum atomic E-state index is -0.469. The summed E-state index contributed by atoms with van der Waals surface area (Å²) in [5.74, 6) is -0.934. The summed E-state index contributed by atoms with van der Waals surface area (Å²) in [7, 11) is 0. The van der Waals surface area contributed by atoms with E-state index in [0.717, 1.165) is 24.6 Å². The van der Waals surface area contributed by atoms with Crippen molar-refractivity contribution in [2.45, 2.75) is 76.8 Å². The van der Waals surface area contributed by atoms with E-state index in [4.69, 9.17) is 28.4 Å². The summed E-state index contributed by atoms with van der Waals surface area (Å²) >= 11 is 3.48. The Labute approximate surface area is 159 Å². The van der Waals surface area contributed by atoms with Gasteiger partial charge in [-0.1, -0.05) is 15.9 Å². The molecule has 0 amide bonds. The Bertz CT molecular complexity index is 390. The molecule has 2 aliphatic rings. The fourth-order valence-electron chi connectivity index (χ4n) is 2.94. The number of alkyl halides is 1. The predicted molar refractivity (Wildman–Crippen MR) is 98.0 cm³/mol. The van der Waals surface area contributed by atoms with Gasteiger partial charge in [0.1, 0.15) is 0 Å². The number of hydrogen-bond donors (Lipinski definition) is 0. The average molecular weight is 425 g/mol. The molecule has 2 fully saturated rings. The van der Waals surface area contributed by atoms with Gasteiger partial charge in [-0.3, -0.25) is 0 Å². The van der Waals surface area contributed by atoms with Crippen LogP contribution in [0.3, 0.4) is 0 Å². The van der Waals surface area contributed by atoms with Gasteiger partial charge in [0.25, 0.3) is 0 Å². The van der Waals surface area contributed by atoms with E-state index in [2.05, 4.69) is 15.9 Å². The van der Waals surface area contributed by atoms with Gasteiger partial charge in [-0.2, -0.15) is 0 Å². The lowest BCUT2D eigenvalue weighted by Crippen LogP contribution is -2.26. The van der Waals surface area contributed by atoms with Crippen LogP contribution in [0.5, 0.6) is 0 Å². The second-order valence-electron chi connectivity index (χ2n) is 7.52. The largest absolute Gasteiger partial charge is 0.379 e. The van der Waals surface area contributed by atoms with Crippen LogP contribution in [0.1, 0.15) is 47.0 Å². The molecule has 0 bridgehead atoms. The molecule has 2 unspecified atom stereocenters. The van der Waals surface area contributed by atoms with Gasteiger partial charge in [0, 0.05) is 18.5 Å². The average Bonchev–Trinajstić information content (AvgIpc) is 3.05. The normalized spacial score (nSPS) is 29.2. The minimum absolute atomic E-state index is 0.0897. The van der Waals surface area contributed by atoms with E-state index < -0.39 is 11.6 Å². The molecule has 0 aromatic heterocycles. The zero-order valence-corrected chi connectivity index (χ0v) is 17.5. The molecular formula is C18H33BrO6. The van der Waals surface area contributed by atoms with Gasteiger partial charge in [0.2, 0.25) is 0 Å². The second-order valence-corrected chi connectivity index (χ2v) is 8.32. The van der Waals surface area contributed by atoms with E-state index in [1.54, 1.807) is 0 Å². The van der Waals surface area contributed by atoms with Crippen LogP contribution in [0.25, 0.3) is 0 Å². The highest BCUT2D eigenvalue weighted by atomic mass is 79.9. The van der Waals surface area contributed by atoms with Crippen molar-refractivity contribution in [2.24, 2.45) is 0 Å². The highest BCUT2D eigenvalue weighted by Crippen LogP contribution is 2.25. The molecule has 2 saturated heterocycles. The first-order chi connectivity index (χ1) is 11.8. The van der Waals surface area contributed by atoms with Crippen molar-refractivity contribution in [3.05, 3.63) is 0 Å². The topological polar surface area (TPSA) is 55.4 Å². The molecule has 0 aliphatic carbocycles. The first-order valence-electron chi connectivity index (χ1n) is 9.18. The predicted octanol–water partition coefficient (Wildman–Crippen LogP) is 3.26. The van der Waals surface area contributed by atoms with Crippen molar-refractivity contribution in [2.75, 3.05) is 38.4 Å². The van der Waals surface area contributed by atoms with Gasteiger partial charge in [0.05, 0.1) is 38.1 Å². The zero-order valence-electron chi connectivity index (χ0n) is 15.9. The van der Waals surface area contributed by atoms with Crippen LogP contribution in [-0.4, -0.2) is 68.3 Å². The summed E-state index contributed by atoms with van der Waals surface area (Å²) < 4.78 is 34.5. The van der Waals surface area contributed by atoms with Crippen LogP contribution in [0.4, 0.5) is 0 Å². The fraction of sp³-hybridized carbons (Fsp3) is 1.00. The third kappa shape index (κ3) is 8.20. The van der Waals surface area contributed by atoms with Crippen LogP contribution >= 0.6 is 15.9 Å². The number of hydrogen-bond acceptors (Lipinski definition) is 6. The summed E-state index contributed by atoms with van der Waals surface area (Å²) in [5, 5.41) is 0.894. The first kappa shape index (κ1) is 21.5. The van der Waals surface area contributed by atoms with Gasteiger partial charge >= 0.3 is 0 Å². The summed E-state index contributed by atoms with van der Waals surface area (Å²) in [6, 6.07) is 0. The van der Waals surface area contributed by atoms with E-state index in [9.17, 15) is 0 Å². The lowest BCUT2D eigenvalue weighted by Gasteiger charge is -2.20. The molecular weight excluding hydrogens is 392 g/mol. The van der Waals surface area contributed by atoms with Gasteiger partial charge < -0.3 is 28.4 Å². The van der Waals surface area contributed by atoms with Gasteiger partial charge in [0.15, 0.2) is 11.6 Å². The van der Waals surface area contributed by atoms with E-state index in [1.807, 2.05) is 27.7 Å². The minimum Gasteiger partial charge on any atom is -0.379 e. The molecule has 2 rings (SSSR count). The summed E-state index contributed by atoms with van der Waals surface area (Å²) in [6.07, 6.45) is 2.92. The Morgan fingerprint density at radius 3 is 2.00 bits per heavy atom. The SMILES string of the molecule is CC1(C)OCC(CCOC[C@@H](CCBr)OCCC2COC(C)(C)O2)O1. The Morgan fingerprint density at radius 1 is 0.960 bits per heavy atom. The lowest BCUT2D eigenvalue weighted by atomic mass is 10.2. The monoisotopic (exact) mass is 424 g/mol. The Balaban J connectivity index is 1.55. The molecule has 0 radical (unpaired) electrons. The highest BCUT2D eigenvalue weighted by molar-refractivity contribution is 9.09. The van der Waals surface area contributed by atoms with Crippen LogP contribution < -0.4 is 0 Å². The van der Waals surface area contributed by atoms with E-state index in [0.29, 0.717) is 33.0 Å². The maximum absolute atomic E-state index is 5.97. The quantitative estimate of drug-likeness (QED) is 0.374. The van der Waals surface area contributed by atoms with Crippen molar-refractivity contribution in [3.8, 4) is 0 Å². The molecule has 6 nitrogen and oxygen atoms in total. The third-order valence-electron chi connectivity index (χ3n) is 4.25. The van der Waals surface area contributed by atoms with Crippen LogP contribution in [0.2, 0.25) is 0 Å².